The molecule has 1 heterocycles. The highest BCUT2D eigenvalue weighted by Crippen LogP contribution is 2.31. The van der Waals surface area contributed by atoms with Crippen LogP contribution in [0, 0.1) is 6.92 Å². The van der Waals surface area contributed by atoms with Crippen LogP contribution in [0.15, 0.2) is 48.7 Å². The summed E-state index contributed by atoms with van der Waals surface area (Å²) in [6.07, 6.45) is 1.68. The fourth-order valence-electron chi connectivity index (χ4n) is 2.86. The zero-order valence-corrected chi connectivity index (χ0v) is 17.0. The Kier molecular flexibility index (Phi) is 6.07. The van der Waals surface area contributed by atoms with Crippen LogP contribution in [-0.2, 0) is 6.73 Å². The summed E-state index contributed by atoms with van der Waals surface area (Å²) in [5.41, 5.74) is 2.49. The van der Waals surface area contributed by atoms with E-state index >= 15 is 0 Å². The number of phenols is 1. The first-order valence-corrected chi connectivity index (χ1v) is 9.32. The Morgan fingerprint density at radius 2 is 1.86 bits per heavy atom. The van der Waals surface area contributed by atoms with Crippen molar-refractivity contribution in [1.82, 2.24) is 9.78 Å². The first kappa shape index (κ1) is 20.3. The number of carbonyl (C=O) groups excluding carboxylic acids is 1. The maximum atomic E-state index is 12.6. The highest BCUT2D eigenvalue weighted by atomic mass is 16.5. The van der Waals surface area contributed by atoms with Gasteiger partial charge in [-0.3, -0.25) is 4.79 Å². The Balaban J connectivity index is 1.65. The van der Waals surface area contributed by atoms with Gasteiger partial charge in [0.25, 0.3) is 5.91 Å². The van der Waals surface area contributed by atoms with Gasteiger partial charge in [0.2, 0.25) is 0 Å². The van der Waals surface area contributed by atoms with E-state index in [2.05, 4.69) is 10.4 Å². The smallest absolute Gasteiger partial charge is 0.276 e. The summed E-state index contributed by atoms with van der Waals surface area (Å²) in [5, 5.41) is 17.2. The molecule has 0 unspecified atom stereocenters. The van der Waals surface area contributed by atoms with Gasteiger partial charge in [0, 0.05) is 11.9 Å². The predicted octanol–water partition coefficient (Wildman–Crippen LogP) is 4.32. The highest BCUT2D eigenvalue weighted by Gasteiger charge is 2.15. The van der Waals surface area contributed by atoms with E-state index in [4.69, 9.17) is 9.47 Å². The summed E-state index contributed by atoms with van der Waals surface area (Å²) >= 11 is 0. The molecule has 0 radical (unpaired) electrons. The zero-order valence-electron chi connectivity index (χ0n) is 17.0. The number of nitrogens with one attached hydrogen (secondary N) is 1. The van der Waals surface area contributed by atoms with Crippen molar-refractivity contribution in [3.8, 4) is 17.2 Å². The molecule has 1 aromatic heterocycles. The fourth-order valence-corrected chi connectivity index (χ4v) is 2.86. The lowest BCUT2D eigenvalue weighted by Gasteiger charge is -2.14. The molecule has 0 bridgehead atoms. The number of hydrogen-bond acceptors (Lipinski definition) is 5. The number of methoxy groups -OCH3 is 1. The standard InChI is InChI=1S/C22H25N3O4/c1-14(2)18-12-20(15(3)11-21(18)26)23-22(27)19-9-10-25(24-19)13-29-17-7-5-16(28-4)6-8-17/h5-12,14,26H,13H2,1-4H3,(H,23,27). The van der Waals surface area contributed by atoms with Crippen molar-refractivity contribution >= 4 is 11.6 Å². The molecule has 0 atom stereocenters. The van der Waals surface area contributed by atoms with E-state index in [1.165, 1.54) is 0 Å². The second kappa shape index (κ2) is 8.68. The van der Waals surface area contributed by atoms with Crippen LogP contribution in [0.1, 0.15) is 41.4 Å². The Morgan fingerprint density at radius 1 is 1.17 bits per heavy atom. The van der Waals surface area contributed by atoms with Crippen LogP contribution in [0.25, 0.3) is 0 Å². The minimum absolute atomic E-state index is 0.139. The van der Waals surface area contributed by atoms with Gasteiger partial charge in [-0.25, -0.2) is 4.68 Å². The van der Waals surface area contributed by atoms with Gasteiger partial charge in [0.15, 0.2) is 12.4 Å². The van der Waals surface area contributed by atoms with Crippen LogP contribution in [0.3, 0.4) is 0 Å². The van der Waals surface area contributed by atoms with Gasteiger partial charge in [-0.2, -0.15) is 5.10 Å². The number of hydrogen-bond donors (Lipinski definition) is 2. The number of benzene rings is 2. The minimum atomic E-state index is -0.323. The molecule has 0 aliphatic heterocycles. The molecule has 2 aromatic carbocycles. The largest absolute Gasteiger partial charge is 0.508 e. The normalized spacial score (nSPS) is 10.8. The fraction of sp³-hybridized carbons (Fsp3) is 0.273. The molecule has 7 nitrogen and oxygen atoms in total. The second-order valence-corrected chi connectivity index (χ2v) is 7.02. The lowest BCUT2D eigenvalue weighted by Crippen LogP contribution is -2.15. The molecule has 7 heteroatoms. The molecule has 0 saturated heterocycles. The maximum absolute atomic E-state index is 12.6. The van der Waals surface area contributed by atoms with Gasteiger partial charge in [0.1, 0.15) is 17.2 Å². The number of aromatic nitrogens is 2. The lowest BCUT2D eigenvalue weighted by atomic mass is 9.99. The summed E-state index contributed by atoms with van der Waals surface area (Å²) in [6.45, 7) is 5.98. The van der Waals surface area contributed by atoms with Gasteiger partial charge in [-0.05, 0) is 66.4 Å². The van der Waals surface area contributed by atoms with E-state index in [0.29, 0.717) is 11.4 Å². The van der Waals surface area contributed by atoms with Crippen molar-refractivity contribution < 1.29 is 19.4 Å². The number of phenolic OH excluding ortho intramolecular Hbond substituents is 1. The summed E-state index contributed by atoms with van der Waals surface area (Å²) < 4.78 is 12.3. The number of ether oxygens (including phenoxy) is 2. The number of nitrogens with zero attached hydrogens (tertiary/aromatic N) is 2. The summed E-state index contributed by atoms with van der Waals surface area (Å²) in [4.78, 5) is 12.6. The van der Waals surface area contributed by atoms with Gasteiger partial charge in [-0.1, -0.05) is 13.8 Å². The third-order valence-corrected chi connectivity index (χ3v) is 4.54. The predicted molar refractivity (Wildman–Crippen MR) is 111 cm³/mol. The van der Waals surface area contributed by atoms with Crippen molar-refractivity contribution in [1.29, 1.82) is 0 Å². The van der Waals surface area contributed by atoms with Crippen molar-refractivity contribution in [2.75, 3.05) is 12.4 Å². The van der Waals surface area contributed by atoms with E-state index < -0.39 is 0 Å². The first-order chi connectivity index (χ1) is 13.9. The minimum Gasteiger partial charge on any atom is -0.508 e. The number of aromatic hydroxyl groups is 1. The molecule has 3 aromatic rings. The number of rotatable bonds is 7. The van der Waals surface area contributed by atoms with Gasteiger partial charge < -0.3 is 19.9 Å². The molecule has 0 aliphatic rings. The summed E-state index contributed by atoms with van der Waals surface area (Å²) in [7, 11) is 1.61. The molecular weight excluding hydrogens is 370 g/mol. The van der Waals surface area contributed by atoms with Crippen LogP contribution >= 0.6 is 0 Å². The third kappa shape index (κ3) is 4.87. The van der Waals surface area contributed by atoms with E-state index in [9.17, 15) is 9.90 Å². The van der Waals surface area contributed by atoms with Gasteiger partial charge >= 0.3 is 0 Å². The van der Waals surface area contributed by atoms with Crippen LogP contribution in [0.4, 0.5) is 5.69 Å². The van der Waals surface area contributed by atoms with E-state index in [1.807, 2.05) is 32.9 Å². The monoisotopic (exact) mass is 395 g/mol. The van der Waals surface area contributed by atoms with E-state index in [0.717, 1.165) is 16.9 Å². The Labute approximate surface area is 169 Å². The SMILES string of the molecule is COc1ccc(OCn2ccc(C(=O)Nc3cc(C(C)C)c(O)cc3C)n2)cc1. The van der Waals surface area contributed by atoms with Crippen molar-refractivity contribution in [2.45, 2.75) is 33.4 Å². The first-order valence-electron chi connectivity index (χ1n) is 9.32. The summed E-state index contributed by atoms with van der Waals surface area (Å²) in [6, 6.07) is 12.3. The molecule has 1 amide bonds. The average Bonchev–Trinajstić information content (AvgIpc) is 3.17. The van der Waals surface area contributed by atoms with E-state index in [1.54, 1.807) is 48.3 Å². The number of amides is 1. The Bertz CT molecular complexity index is 994. The molecule has 2 N–H and O–H groups in total. The van der Waals surface area contributed by atoms with Crippen LogP contribution in [0.5, 0.6) is 17.2 Å². The molecule has 0 aliphatic carbocycles. The molecule has 0 fully saturated rings. The van der Waals surface area contributed by atoms with Crippen LogP contribution < -0.4 is 14.8 Å². The van der Waals surface area contributed by atoms with Crippen molar-refractivity contribution in [2.24, 2.45) is 0 Å². The van der Waals surface area contributed by atoms with Gasteiger partial charge in [-0.15, -0.1) is 0 Å². The van der Waals surface area contributed by atoms with Crippen molar-refractivity contribution in [3.63, 3.8) is 0 Å². The summed E-state index contributed by atoms with van der Waals surface area (Å²) in [5.74, 6) is 1.47. The molecule has 0 spiro atoms. The maximum Gasteiger partial charge on any atom is 0.276 e. The molecular formula is C22H25N3O4. The Hall–Kier alpha value is -3.48. The lowest BCUT2D eigenvalue weighted by molar-refractivity contribution is 0.102. The van der Waals surface area contributed by atoms with Crippen LogP contribution in [0.2, 0.25) is 0 Å². The topological polar surface area (TPSA) is 85.6 Å². The number of aryl methyl sites for hydroxylation is 1. The Morgan fingerprint density at radius 3 is 2.52 bits per heavy atom. The highest BCUT2D eigenvalue weighted by molar-refractivity contribution is 6.03. The van der Waals surface area contributed by atoms with Crippen molar-refractivity contribution in [3.05, 3.63) is 65.5 Å². The van der Waals surface area contributed by atoms with Gasteiger partial charge in [0.05, 0.1) is 7.11 Å². The number of anilines is 1. The number of carbonyl (C=O) groups is 1. The van der Waals surface area contributed by atoms with E-state index in [-0.39, 0.29) is 30.0 Å². The molecule has 3 rings (SSSR count). The zero-order chi connectivity index (χ0) is 21.0. The quantitative estimate of drug-likeness (QED) is 0.582. The van der Waals surface area contributed by atoms with Crippen LogP contribution in [-0.4, -0.2) is 27.9 Å². The molecule has 29 heavy (non-hydrogen) atoms. The average molecular weight is 395 g/mol. The molecule has 152 valence electrons. The third-order valence-electron chi connectivity index (χ3n) is 4.54. The second-order valence-electron chi connectivity index (χ2n) is 7.02. The molecule has 0 saturated carbocycles.